The molecule has 0 aliphatic rings. The topological polar surface area (TPSA) is 59.4 Å². The van der Waals surface area contributed by atoms with Gasteiger partial charge in [0.15, 0.2) is 0 Å². The molecule has 0 saturated carbocycles. The number of nitrogens with zero attached hydrogens (tertiary/aromatic N) is 1. The highest BCUT2D eigenvalue weighted by molar-refractivity contribution is 5.90. The number of aromatic nitrogens is 1. The Hall–Kier alpha value is -2.36. The summed E-state index contributed by atoms with van der Waals surface area (Å²) in [6.45, 7) is 1.71. The molecule has 0 fully saturated rings. The quantitative estimate of drug-likeness (QED) is 0.879. The lowest BCUT2D eigenvalue weighted by atomic mass is 10.1. The van der Waals surface area contributed by atoms with E-state index >= 15 is 0 Å². The van der Waals surface area contributed by atoms with Gasteiger partial charge in [-0.2, -0.15) is 0 Å². The number of ether oxygens (including phenoxy) is 1. The van der Waals surface area contributed by atoms with E-state index in [-0.39, 0.29) is 5.56 Å². The molecule has 2 aromatic rings. The number of pyridine rings is 1. The molecule has 0 aliphatic carbocycles. The van der Waals surface area contributed by atoms with E-state index in [9.17, 15) is 4.79 Å². The van der Waals surface area contributed by atoms with E-state index < -0.39 is 5.97 Å². The Morgan fingerprint density at radius 3 is 2.71 bits per heavy atom. The van der Waals surface area contributed by atoms with Crippen LogP contribution in [0.15, 0.2) is 42.6 Å². The SMILES string of the molecule is Cc1c(Oc2ccccn2)cccc1C(=O)O. The van der Waals surface area contributed by atoms with Crippen LogP contribution in [0.4, 0.5) is 0 Å². The maximum atomic E-state index is 11.0. The number of rotatable bonds is 3. The van der Waals surface area contributed by atoms with E-state index in [1.165, 1.54) is 0 Å². The third kappa shape index (κ3) is 2.42. The van der Waals surface area contributed by atoms with Crippen LogP contribution < -0.4 is 4.74 Å². The number of hydrogen-bond donors (Lipinski definition) is 1. The van der Waals surface area contributed by atoms with Gasteiger partial charge in [-0.3, -0.25) is 0 Å². The third-order valence-corrected chi connectivity index (χ3v) is 2.37. The summed E-state index contributed by atoms with van der Waals surface area (Å²) in [5.41, 5.74) is 0.823. The van der Waals surface area contributed by atoms with Gasteiger partial charge >= 0.3 is 5.97 Å². The Morgan fingerprint density at radius 1 is 1.24 bits per heavy atom. The van der Waals surface area contributed by atoms with E-state index in [2.05, 4.69) is 4.98 Å². The molecule has 0 amide bonds. The zero-order chi connectivity index (χ0) is 12.3. The predicted octanol–water partition coefficient (Wildman–Crippen LogP) is 2.88. The molecule has 1 N–H and O–H groups in total. The van der Waals surface area contributed by atoms with Gasteiger partial charge in [0.25, 0.3) is 0 Å². The van der Waals surface area contributed by atoms with Gasteiger partial charge in [0, 0.05) is 17.8 Å². The molecular formula is C13H11NO3. The lowest BCUT2D eigenvalue weighted by Crippen LogP contribution is -2.01. The second kappa shape index (κ2) is 4.65. The molecule has 0 radical (unpaired) electrons. The molecule has 86 valence electrons. The van der Waals surface area contributed by atoms with Crippen molar-refractivity contribution in [2.75, 3.05) is 0 Å². The lowest BCUT2D eigenvalue weighted by molar-refractivity contribution is 0.0695. The van der Waals surface area contributed by atoms with Crippen molar-refractivity contribution < 1.29 is 14.6 Å². The van der Waals surface area contributed by atoms with Gasteiger partial charge in [-0.05, 0) is 25.1 Å². The average molecular weight is 229 g/mol. The zero-order valence-corrected chi connectivity index (χ0v) is 9.25. The lowest BCUT2D eigenvalue weighted by Gasteiger charge is -2.09. The van der Waals surface area contributed by atoms with Gasteiger partial charge < -0.3 is 9.84 Å². The predicted molar refractivity (Wildman–Crippen MR) is 62.4 cm³/mol. The van der Waals surface area contributed by atoms with Crippen molar-refractivity contribution in [1.29, 1.82) is 0 Å². The fourth-order valence-corrected chi connectivity index (χ4v) is 1.48. The van der Waals surface area contributed by atoms with E-state index in [4.69, 9.17) is 9.84 Å². The Labute approximate surface area is 98.5 Å². The number of hydrogen-bond acceptors (Lipinski definition) is 3. The van der Waals surface area contributed by atoms with Crippen molar-refractivity contribution in [2.45, 2.75) is 6.92 Å². The maximum absolute atomic E-state index is 11.0. The molecule has 0 bridgehead atoms. The maximum Gasteiger partial charge on any atom is 0.336 e. The number of aromatic carboxylic acids is 1. The highest BCUT2D eigenvalue weighted by Crippen LogP contribution is 2.25. The van der Waals surface area contributed by atoms with Crippen LogP contribution in [0.25, 0.3) is 0 Å². The number of carbonyl (C=O) groups is 1. The highest BCUT2D eigenvalue weighted by Gasteiger charge is 2.11. The Morgan fingerprint density at radius 2 is 2.06 bits per heavy atom. The molecular weight excluding hydrogens is 218 g/mol. The van der Waals surface area contributed by atoms with Crippen LogP contribution in [-0.2, 0) is 0 Å². The molecule has 17 heavy (non-hydrogen) atoms. The summed E-state index contributed by atoms with van der Waals surface area (Å²) in [4.78, 5) is 15.0. The van der Waals surface area contributed by atoms with Crippen molar-refractivity contribution in [1.82, 2.24) is 4.98 Å². The van der Waals surface area contributed by atoms with Crippen LogP contribution in [-0.4, -0.2) is 16.1 Å². The van der Waals surface area contributed by atoms with Crippen LogP contribution in [0.1, 0.15) is 15.9 Å². The number of carboxylic acid groups (broad SMARTS) is 1. The van der Waals surface area contributed by atoms with Crippen LogP contribution in [0, 0.1) is 6.92 Å². The smallest absolute Gasteiger partial charge is 0.336 e. The third-order valence-electron chi connectivity index (χ3n) is 2.37. The summed E-state index contributed by atoms with van der Waals surface area (Å²) >= 11 is 0. The summed E-state index contributed by atoms with van der Waals surface area (Å²) < 4.78 is 5.53. The van der Waals surface area contributed by atoms with Crippen LogP contribution >= 0.6 is 0 Å². The zero-order valence-electron chi connectivity index (χ0n) is 9.25. The van der Waals surface area contributed by atoms with Gasteiger partial charge in [0.1, 0.15) is 5.75 Å². The minimum atomic E-state index is -0.964. The summed E-state index contributed by atoms with van der Waals surface area (Å²) in [6, 6.07) is 10.2. The first-order valence-electron chi connectivity index (χ1n) is 5.10. The van der Waals surface area contributed by atoms with Crippen molar-refractivity contribution in [3.8, 4) is 11.6 Å². The van der Waals surface area contributed by atoms with Crippen molar-refractivity contribution in [3.05, 3.63) is 53.7 Å². The van der Waals surface area contributed by atoms with Gasteiger partial charge in [0.2, 0.25) is 5.88 Å². The number of carboxylic acids is 1. The van der Waals surface area contributed by atoms with Gasteiger partial charge in [-0.15, -0.1) is 0 Å². The molecule has 4 nitrogen and oxygen atoms in total. The van der Waals surface area contributed by atoms with Gasteiger partial charge in [-0.1, -0.05) is 12.1 Å². The van der Waals surface area contributed by atoms with E-state index in [1.807, 2.05) is 0 Å². The fourth-order valence-electron chi connectivity index (χ4n) is 1.48. The minimum Gasteiger partial charge on any atom is -0.478 e. The van der Waals surface area contributed by atoms with Crippen LogP contribution in [0.5, 0.6) is 11.6 Å². The average Bonchev–Trinajstić information content (AvgIpc) is 2.33. The van der Waals surface area contributed by atoms with Gasteiger partial charge in [-0.25, -0.2) is 9.78 Å². The van der Waals surface area contributed by atoms with Crippen molar-refractivity contribution in [2.24, 2.45) is 0 Å². The standard InChI is InChI=1S/C13H11NO3/c1-9-10(13(15)16)5-4-6-11(9)17-12-7-2-3-8-14-12/h2-8H,1H3,(H,15,16). The van der Waals surface area contributed by atoms with Gasteiger partial charge in [0.05, 0.1) is 5.56 Å². The molecule has 0 saturated heterocycles. The van der Waals surface area contributed by atoms with Crippen molar-refractivity contribution in [3.63, 3.8) is 0 Å². The molecule has 1 heterocycles. The van der Waals surface area contributed by atoms with Crippen molar-refractivity contribution >= 4 is 5.97 Å². The molecule has 1 aromatic heterocycles. The normalized spacial score (nSPS) is 9.94. The van der Waals surface area contributed by atoms with E-state index in [0.29, 0.717) is 17.2 Å². The van der Waals surface area contributed by atoms with E-state index in [1.54, 1.807) is 49.5 Å². The molecule has 0 aliphatic heterocycles. The fraction of sp³-hybridized carbons (Fsp3) is 0.0769. The Balaban J connectivity index is 2.34. The molecule has 1 aromatic carbocycles. The molecule has 2 rings (SSSR count). The summed E-state index contributed by atoms with van der Waals surface area (Å²) in [5.74, 6) is -0.0179. The molecule has 0 spiro atoms. The van der Waals surface area contributed by atoms with E-state index in [0.717, 1.165) is 0 Å². The summed E-state index contributed by atoms with van der Waals surface area (Å²) in [7, 11) is 0. The largest absolute Gasteiger partial charge is 0.478 e. The number of benzene rings is 1. The Kier molecular flexibility index (Phi) is 3.05. The monoisotopic (exact) mass is 229 g/mol. The minimum absolute atomic E-state index is 0.235. The molecule has 0 unspecified atom stereocenters. The van der Waals surface area contributed by atoms with Crippen LogP contribution in [0.3, 0.4) is 0 Å². The summed E-state index contributed by atoms with van der Waals surface area (Å²) in [5, 5.41) is 8.99. The van der Waals surface area contributed by atoms with Crippen LogP contribution in [0.2, 0.25) is 0 Å². The summed E-state index contributed by atoms with van der Waals surface area (Å²) in [6.07, 6.45) is 1.62. The first-order chi connectivity index (χ1) is 8.18. The second-order valence-electron chi connectivity index (χ2n) is 3.50. The second-order valence-corrected chi connectivity index (χ2v) is 3.50. The highest BCUT2D eigenvalue weighted by atomic mass is 16.5. The molecule has 0 atom stereocenters. The Bertz CT molecular complexity index is 538. The first-order valence-corrected chi connectivity index (χ1v) is 5.10. The molecule has 4 heteroatoms. The first kappa shape index (κ1) is 11.1.